The van der Waals surface area contributed by atoms with Gasteiger partial charge < -0.3 is 8.39 Å². The van der Waals surface area contributed by atoms with Crippen molar-refractivity contribution in [3.63, 3.8) is 0 Å². The van der Waals surface area contributed by atoms with E-state index in [9.17, 15) is 0 Å². The van der Waals surface area contributed by atoms with Crippen molar-refractivity contribution in [2.45, 2.75) is 116 Å². The normalized spacial score (nSPS) is 13.5. The summed E-state index contributed by atoms with van der Waals surface area (Å²) in [6, 6.07) is 23.1. The van der Waals surface area contributed by atoms with Gasteiger partial charge in [0.2, 0.25) is 0 Å². The van der Waals surface area contributed by atoms with Crippen molar-refractivity contribution in [1.29, 1.82) is 0 Å². The maximum absolute atomic E-state index is 7.41. The predicted octanol–water partition coefficient (Wildman–Crippen LogP) is 12.6. The average Bonchev–Trinajstić information content (AvgIpc) is 3.15. The molecule has 3 nitrogen and oxygen atoms in total. The van der Waals surface area contributed by atoms with Crippen LogP contribution < -0.4 is 15.0 Å². The molecular weight excluding hydrogens is 614 g/mol. The number of hydrogen-bond acceptors (Lipinski definition) is 3. The van der Waals surface area contributed by atoms with E-state index in [0.717, 1.165) is 11.2 Å². The smallest absolute Gasteiger partial charge is 0.309 e. The molecule has 0 aliphatic rings. The molecule has 0 aliphatic carbocycles. The molecule has 5 rings (SSSR count). The summed E-state index contributed by atoms with van der Waals surface area (Å²) < 4.78 is 17.0. The lowest BCUT2D eigenvalue weighted by atomic mass is 9.98. The van der Waals surface area contributed by atoms with Gasteiger partial charge in [-0.25, -0.2) is 4.67 Å². The molecule has 0 fully saturated rings. The Morgan fingerprint density at radius 3 is 1.09 bits per heavy atom. The van der Waals surface area contributed by atoms with Crippen LogP contribution in [0, 0.1) is 0 Å². The zero-order valence-electron chi connectivity index (χ0n) is 30.9. The summed E-state index contributed by atoms with van der Waals surface area (Å²) in [5.74, 6) is 0. The van der Waals surface area contributed by atoms with Gasteiger partial charge in [0, 0.05) is 24.9 Å². The van der Waals surface area contributed by atoms with Crippen LogP contribution in [0.3, 0.4) is 0 Å². The van der Waals surface area contributed by atoms with Crippen LogP contribution in [0.5, 0.6) is 0 Å². The van der Waals surface area contributed by atoms with E-state index in [1.165, 1.54) is 42.7 Å². The Bertz CT molecular complexity index is 1740. The molecule has 0 atom stereocenters. The molecule has 248 valence electrons. The summed E-state index contributed by atoms with van der Waals surface area (Å²) in [5.41, 5.74) is 5.41. The number of fused-ring (bicyclic) bond motifs is 7. The van der Waals surface area contributed by atoms with E-state index in [0.29, 0.717) is 33.2 Å². The summed E-state index contributed by atoms with van der Waals surface area (Å²) in [6.07, 6.45) is 0. The van der Waals surface area contributed by atoms with Gasteiger partial charge in [-0.2, -0.15) is 0 Å². The minimum absolute atomic E-state index is 0.543. The Morgan fingerprint density at radius 2 is 0.804 bits per heavy atom. The predicted molar refractivity (Wildman–Crippen MR) is 213 cm³/mol. The highest BCUT2D eigenvalue weighted by Crippen LogP contribution is 2.48. The van der Waals surface area contributed by atoms with E-state index in [2.05, 4.69) is 163 Å². The Morgan fingerprint density at radius 1 is 0.500 bits per heavy atom. The van der Waals surface area contributed by atoms with Crippen molar-refractivity contribution in [3.05, 3.63) is 60.7 Å². The van der Waals surface area contributed by atoms with Crippen LogP contribution in [0.15, 0.2) is 69.1 Å². The topological polar surface area (TPSA) is 29.5 Å². The lowest BCUT2D eigenvalue weighted by Gasteiger charge is -2.44. The molecule has 0 spiro atoms. The first-order valence-corrected chi connectivity index (χ1v) is 23.2. The summed E-state index contributed by atoms with van der Waals surface area (Å²) in [6.45, 7) is 29.6. The van der Waals surface area contributed by atoms with Crippen LogP contribution in [-0.4, -0.2) is 30.2 Å². The molecule has 0 N–H and O–H groups in total. The second-order valence-corrected chi connectivity index (χ2v) is 29.1. The van der Waals surface area contributed by atoms with Crippen LogP contribution in [-0.2, 0) is 0 Å². The van der Waals surface area contributed by atoms with Crippen LogP contribution in [0.4, 0.5) is 0 Å². The Balaban J connectivity index is 2.28. The molecule has 5 aromatic rings. The van der Waals surface area contributed by atoms with Gasteiger partial charge in [0.1, 0.15) is 11.2 Å². The Hall–Kier alpha value is -2.31. The molecule has 46 heavy (non-hydrogen) atoms. The molecule has 1 aromatic heterocycles. The molecule has 0 saturated carbocycles. The average molecular weight is 672 g/mol. The van der Waals surface area contributed by atoms with Crippen molar-refractivity contribution in [1.82, 2.24) is 0 Å². The Labute approximate surface area is 281 Å². The van der Waals surface area contributed by atoms with Crippen molar-refractivity contribution in [2.24, 2.45) is 0 Å². The van der Waals surface area contributed by atoms with Crippen LogP contribution >= 0.6 is 8.16 Å². The van der Waals surface area contributed by atoms with Gasteiger partial charge in [-0.05, 0) is 65.2 Å². The van der Waals surface area contributed by atoms with Gasteiger partial charge in [-0.3, -0.25) is 0 Å². The summed E-state index contributed by atoms with van der Waals surface area (Å²) in [5, 5.41) is 10.5. The summed E-state index contributed by atoms with van der Waals surface area (Å²) in [7, 11) is -1.49. The molecule has 0 aliphatic heterocycles. The van der Waals surface area contributed by atoms with Crippen molar-refractivity contribution < 1.29 is 8.39 Å². The van der Waals surface area contributed by atoms with E-state index >= 15 is 0 Å². The van der Waals surface area contributed by atoms with E-state index in [4.69, 9.17) is 8.39 Å². The van der Waals surface area contributed by atoms with Gasteiger partial charge in [0.25, 0.3) is 0 Å². The van der Waals surface area contributed by atoms with Crippen molar-refractivity contribution in [2.75, 3.05) is 18.8 Å². The first kappa shape index (κ1) is 35.0. The molecule has 0 unspecified atom stereocenters. The summed E-state index contributed by atoms with van der Waals surface area (Å²) in [4.78, 5) is 0. The highest BCUT2D eigenvalue weighted by Gasteiger charge is 2.48. The van der Waals surface area contributed by atoms with Gasteiger partial charge in [-0.1, -0.05) is 144 Å². The largest absolute Gasteiger partial charge is 0.408 e. The minimum Gasteiger partial charge on any atom is -0.408 e. The third-order valence-electron chi connectivity index (χ3n) is 11.6. The number of benzene rings is 4. The molecule has 0 radical (unpaired) electrons. The van der Waals surface area contributed by atoms with Crippen molar-refractivity contribution in [3.8, 4) is 0 Å². The zero-order valence-corrected chi connectivity index (χ0v) is 33.8. The lowest BCUT2D eigenvalue weighted by molar-refractivity contribution is 0.636. The fourth-order valence-electron chi connectivity index (χ4n) is 10.2. The maximum atomic E-state index is 7.41. The summed E-state index contributed by atoms with van der Waals surface area (Å²) >= 11 is 0. The van der Waals surface area contributed by atoms with Gasteiger partial charge in [0.05, 0.1) is 16.1 Å². The van der Waals surface area contributed by atoms with Crippen LogP contribution in [0.25, 0.3) is 43.5 Å². The van der Waals surface area contributed by atoms with Crippen LogP contribution in [0.1, 0.15) is 83.1 Å². The quantitative estimate of drug-likeness (QED) is 0.146. The highest BCUT2D eigenvalue weighted by molar-refractivity contribution is 7.38. The zero-order chi connectivity index (χ0) is 33.9. The fourth-order valence-corrected chi connectivity index (χ4v) is 25.1. The molecule has 0 bridgehead atoms. The SMILES string of the molecule is CC(C)[Si](c1cc2ccccc2c2c1op(N(C)C)oc1c([Si](C(C)C)(C(C)C)C(C)C)cc3ccccc3c12)(C(C)C)C(C)C. The first-order chi connectivity index (χ1) is 21.6. The van der Waals surface area contributed by atoms with Crippen molar-refractivity contribution >= 4 is 78.2 Å². The van der Waals surface area contributed by atoms with Gasteiger partial charge in [-0.15, -0.1) is 0 Å². The molecule has 0 amide bonds. The molecule has 4 aromatic carbocycles. The minimum atomic E-state index is -2.16. The van der Waals surface area contributed by atoms with E-state index < -0.39 is 24.3 Å². The molecule has 1 heterocycles. The number of hydrogen-bond donors (Lipinski definition) is 0. The maximum Gasteiger partial charge on any atom is 0.309 e. The lowest BCUT2D eigenvalue weighted by Crippen LogP contribution is -2.56. The monoisotopic (exact) mass is 671 g/mol. The van der Waals surface area contributed by atoms with Crippen LogP contribution in [0.2, 0.25) is 33.2 Å². The van der Waals surface area contributed by atoms with E-state index in [1.807, 2.05) is 0 Å². The molecule has 0 saturated heterocycles. The Kier molecular flexibility index (Phi) is 9.86. The number of rotatable bonds is 9. The first-order valence-electron chi connectivity index (χ1n) is 17.6. The van der Waals surface area contributed by atoms with E-state index in [-0.39, 0.29) is 0 Å². The molecule has 6 heteroatoms. The van der Waals surface area contributed by atoms with Gasteiger partial charge in [0.15, 0.2) is 0 Å². The second kappa shape index (κ2) is 13.0. The highest BCUT2D eigenvalue weighted by atomic mass is 31.1. The number of nitrogens with zero attached hydrogens (tertiary/aromatic N) is 1. The van der Waals surface area contributed by atoms with Gasteiger partial charge >= 0.3 is 8.16 Å². The second-order valence-electron chi connectivity index (χ2n) is 15.8. The molecular formula is C40H58NO2PSi2. The van der Waals surface area contributed by atoms with E-state index in [1.54, 1.807) is 0 Å². The fraction of sp³-hybridized carbons (Fsp3) is 0.500. The standard InChI is InChI=1S/C40H58NO2PSi2/c1-25(2)45(26(3)4,27(5)6)35-23-31-19-15-17-21-33(31)37-38-34-22-18-16-20-32(34)24-36(46(28(7)8,29(9)10)30(11)12)40(38)43-44(41(13)14)42-39(35)37/h15-30H,1-14H3. The third-order valence-corrected chi connectivity index (χ3v) is 27.0. The third kappa shape index (κ3) is 5.16.